The fraction of sp³-hybridized carbons (Fsp3) is 0.727. The fourth-order valence-corrected chi connectivity index (χ4v) is 1.60. The number of aliphatic hydroxyl groups is 1. The molecule has 1 unspecified atom stereocenters. The maximum atomic E-state index is 11.5. The highest BCUT2D eigenvalue weighted by Gasteiger charge is 2.30. The van der Waals surface area contributed by atoms with Gasteiger partial charge in [-0.05, 0) is 6.42 Å². The van der Waals surface area contributed by atoms with Gasteiger partial charge in [0.15, 0.2) is 0 Å². The summed E-state index contributed by atoms with van der Waals surface area (Å²) in [5.41, 5.74) is 4.75. The Bertz CT molecular complexity index is 250. The van der Waals surface area contributed by atoms with E-state index in [4.69, 9.17) is 10.5 Å². The highest BCUT2D eigenvalue weighted by molar-refractivity contribution is 5.81. The summed E-state index contributed by atoms with van der Waals surface area (Å²) < 4.78 is 5.15. The van der Waals surface area contributed by atoms with E-state index in [1.807, 2.05) is 0 Å². The van der Waals surface area contributed by atoms with Crippen molar-refractivity contribution in [2.75, 3.05) is 19.8 Å². The fourth-order valence-electron chi connectivity index (χ4n) is 1.60. The molecule has 0 spiro atoms. The van der Waals surface area contributed by atoms with E-state index in [9.17, 15) is 9.90 Å². The van der Waals surface area contributed by atoms with E-state index in [1.54, 1.807) is 6.08 Å². The van der Waals surface area contributed by atoms with Gasteiger partial charge in [-0.2, -0.15) is 0 Å². The molecule has 1 amide bonds. The predicted octanol–water partition coefficient (Wildman–Crippen LogP) is -0.452. The molecule has 0 aliphatic carbocycles. The highest BCUT2D eigenvalue weighted by atomic mass is 16.5. The molecular weight excluding hydrogens is 208 g/mol. The van der Waals surface area contributed by atoms with E-state index in [1.165, 1.54) is 0 Å². The zero-order valence-corrected chi connectivity index (χ0v) is 9.45. The number of amides is 1. The number of ether oxygens (including phenoxy) is 1. The van der Waals surface area contributed by atoms with E-state index in [-0.39, 0.29) is 12.5 Å². The third kappa shape index (κ3) is 3.92. The second-order valence-electron chi connectivity index (χ2n) is 4.19. The van der Waals surface area contributed by atoms with Gasteiger partial charge >= 0.3 is 0 Å². The molecule has 1 fully saturated rings. The molecule has 4 N–H and O–H groups in total. The number of hydrogen-bond acceptors (Lipinski definition) is 4. The van der Waals surface area contributed by atoms with Crippen molar-refractivity contribution in [2.24, 2.45) is 5.73 Å². The van der Waals surface area contributed by atoms with Crippen LogP contribution in [0.5, 0.6) is 0 Å². The molecule has 1 saturated heterocycles. The molecule has 0 aromatic rings. The average molecular weight is 228 g/mol. The first-order valence-corrected chi connectivity index (χ1v) is 5.52. The summed E-state index contributed by atoms with van der Waals surface area (Å²) in [7, 11) is 0. The first-order valence-electron chi connectivity index (χ1n) is 5.52. The maximum Gasteiger partial charge on any atom is 0.237 e. The first-order chi connectivity index (χ1) is 7.57. The minimum atomic E-state index is -0.845. The molecule has 0 radical (unpaired) electrons. The van der Waals surface area contributed by atoms with Gasteiger partial charge < -0.3 is 20.9 Å². The Balaban J connectivity index is 2.32. The normalized spacial score (nSPS) is 21.1. The Morgan fingerprint density at radius 2 is 2.25 bits per heavy atom. The quantitative estimate of drug-likeness (QED) is 0.556. The van der Waals surface area contributed by atoms with Crippen molar-refractivity contribution in [3.8, 4) is 0 Å². The van der Waals surface area contributed by atoms with Crippen molar-refractivity contribution in [3.05, 3.63) is 12.7 Å². The summed E-state index contributed by atoms with van der Waals surface area (Å²) in [6.07, 6.45) is 3.13. The van der Waals surface area contributed by atoms with Crippen LogP contribution >= 0.6 is 0 Å². The molecule has 0 saturated carbocycles. The molecule has 16 heavy (non-hydrogen) atoms. The summed E-state index contributed by atoms with van der Waals surface area (Å²) >= 11 is 0. The molecule has 0 aromatic carbocycles. The van der Waals surface area contributed by atoms with Gasteiger partial charge in [-0.15, -0.1) is 6.58 Å². The summed E-state index contributed by atoms with van der Waals surface area (Å²) in [4.78, 5) is 11.5. The second-order valence-corrected chi connectivity index (χ2v) is 4.19. The van der Waals surface area contributed by atoms with E-state index < -0.39 is 11.6 Å². The zero-order valence-electron chi connectivity index (χ0n) is 9.45. The summed E-state index contributed by atoms with van der Waals surface area (Å²) in [5, 5.41) is 12.7. The molecule has 1 heterocycles. The van der Waals surface area contributed by atoms with Crippen LogP contribution < -0.4 is 11.1 Å². The van der Waals surface area contributed by atoms with Gasteiger partial charge in [0.1, 0.15) is 0 Å². The van der Waals surface area contributed by atoms with Crippen LogP contribution in [0.3, 0.4) is 0 Å². The van der Waals surface area contributed by atoms with Crippen LogP contribution in [0, 0.1) is 0 Å². The van der Waals surface area contributed by atoms with Crippen molar-refractivity contribution in [1.82, 2.24) is 5.32 Å². The van der Waals surface area contributed by atoms with Gasteiger partial charge in [-0.1, -0.05) is 6.08 Å². The number of nitrogens with one attached hydrogen (secondary N) is 1. The van der Waals surface area contributed by atoms with Crippen LogP contribution in [-0.2, 0) is 9.53 Å². The van der Waals surface area contributed by atoms with Crippen LogP contribution in [0.4, 0.5) is 0 Å². The Morgan fingerprint density at radius 1 is 1.62 bits per heavy atom. The van der Waals surface area contributed by atoms with Crippen molar-refractivity contribution in [2.45, 2.75) is 30.9 Å². The predicted molar refractivity (Wildman–Crippen MR) is 60.8 cm³/mol. The summed E-state index contributed by atoms with van der Waals surface area (Å²) in [5.74, 6) is -0.250. The molecular formula is C11H20N2O3. The van der Waals surface area contributed by atoms with Crippen LogP contribution in [0.1, 0.15) is 19.3 Å². The van der Waals surface area contributed by atoms with Crippen molar-refractivity contribution in [1.29, 1.82) is 0 Å². The van der Waals surface area contributed by atoms with Gasteiger partial charge in [-0.25, -0.2) is 0 Å². The van der Waals surface area contributed by atoms with Gasteiger partial charge in [0.25, 0.3) is 0 Å². The standard InChI is InChI=1S/C11H20N2O3/c1-2-3-9(12)10(14)13-8-11(15)4-6-16-7-5-11/h2,9,15H,1,3-8,12H2,(H,13,14). The number of rotatable bonds is 5. The molecule has 1 rings (SSSR count). The van der Waals surface area contributed by atoms with Gasteiger partial charge in [0.2, 0.25) is 5.91 Å². The van der Waals surface area contributed by atoms with E-state index in [0.717, 1.165) is 0 Å². The van der Waals surface area contributed by atoms with Crippen LogP contribution in [-0.4, -0.2) is 42.4 Å². The largest absolute Gasteiger partial charge is 0.388 e. The molecule has 5 nitrogen and oxygen atoms in total. The molecule has 1 aliphatic heterocycles. The maximum absolute atomic E-state index is 11.5. The minimum Gasteiger partial charge on any atom is -0.388 e. The number of nitrogens with two attached hydrogens (primary N) is 1. The SMILES string of the molecule is C=CCC(N)C(=O)NCC1(O)CCOCC1. The molecule has 0 bridgehead atoms. The lowest BCUT2D eigenvalue weighted by atomic mass is 9.94. The zero-order chi connectivity index (χ0) is 12.0. The lowest BCUT2D eigenvalue weighted by Gasteiger charge is -2.32. The highest BCUT2D eigenvalue weighted by Crippen LogP contribution is 2.19. The van der Waals surface area contributed by atoms with E-state index in [2.05, 4.69) is 11.9 Å². The third-order valence-corrected chi connectivity index (χ3v) is 2.77. The third-order valence-electron chi connectivity index (χ3n) is 2.77. The second kappa shape index (κ2) is 5.98. The Morgan fingerprint density at radius 3 is 2.81 bits per heavy atom. The topological polar surface area (TPSA) is 84.6 Å². The van der Waals surface area contributed by atoms with Crippen LogP contribution in [0.25, 0.3) is 0 Å². The van der Waals surface area contributed by atoms with Gasteiger partial charge in [0.05, 0.1) is 11.6 Å². The molecule has 92 valence electrons. The number of carbonyl (C=O) groups is 1. The number of hydrogen-bond donors (Lipinski definition) is 3. The average Bonchev–Trinajstić information content (AvgIpc) is 2.27. The summed E-state index contributed by atoms with van der Waals surface area (Å²) in [6.45, 7) is 4.82. The Labute approximate surface area is 95.7 Å². The number of carbonyl (C=O) groups excluding carboxylic acids is 1. The molecule has 1 atom stereocenters. The Hall–Kier alpha value is -0.910. The van der Waals surface area contributed by atoms with Crippen molar-refractivity contribution in [3.63, 3.8) is 0 Å². The first kappa shape index (κ1) is 13.2. The van der Waals surface area contributed by atoms with E-state index >= 15 is 0 Å². The molecule has 1 aliphatic rings. The lowest BCUT2D eigenvalue weighted by molar-refractivity contribution is -0.125. The van der Waals surface area contributed by atoms with Crippen molar-refractivity contribution < 1.29 is 14.6 Å². The smallest absolute Gasteiger partial charge is 0.237 e. The van der Waals surface area contributed by atoms with Crippen molar-refractivity contribution >= 4 is 5.91 Å². The monoisotopic (exact) mass is 228 g/mol. The lowest BCUT2D eigenvalue weighted by Crippen LogP contribution is -2.50. The Kier molecular flexibility index (Phi) is 4.92. The van der Waals surface area contributed by atoms with E-state index in [0.29, 0.717) is 32.5 Å². The minimum absolute atomic E-state index is 0.236. The van der Waals surface area contributed by atoms with Gasteiger partial charge in [-0.3, -0.25) is 4.79 Å². The molecule has 0 aromatic heterocycles. The molecule has 5 heteroatoms. The van der Waals surface area contributed by atoms with Crippen LogP contribution in [0.15, 0.2) is 12.7 Å². The van der Waals surface area contributed by atoms with Gasteiger partial charge in [0, 0.05) is 32.6 Å². The summed E-state index contributed by atoms with van der Waals surface area (Å²) in [6, 6.07) is -0.582. The van der Waals surface area contributed by atoms with Crippen LogP contribution in [0.2, 0.25) is 0 Å².